The number of hydrogen-bond donors (Lipinski definition) is 0. The van der Waals surface area contributed by atoms with Crippen LogP contribution in [0.3, 0.4) is 0 Å². The van der Waals surface area contributed by atoms with Gasteiger partial charge in [-0.2, -0.15) is 0 Å². The summed E-state index contributed by atoms with van der Waals surface area (Å²) in [6.07, 6.45) is 0. The fraction of sp³-hybridized carbons (Fsp3) is 0.700. The Morgan fingerprint density at radius 2 is 1.69 bits per heavy atom. The summed E-state index contributed by atoms with van der Waals surface area (Å²) < 4.78 is 4.49. The molecular weight excluding hydrogens is 180 g/mol. The molecule has 2 nitrogen and oxygen atoms in total. The van der Waals surface area contributed by atoms with E-state index < -0.39 is 14.0 Å². The van der Waals surface area contributed by atoms with Crippen molar-refractivity contribution in [2.45, 2.75) is 38.9 Å². The molecule has 13 heavy (non-hydrogen) atoms. The highest BCUT2D eigenvalue weighted by Crippen LogP contribution is 2.18. The average Bonchev–Trinajstić information content (AvgIpc) is 2.20. The lowest BCUT2D eigenvalue weighted by molar-refractivity contribution is -0.133. The van der Waals surface area contributed by atoms with Crippen LogP contribution in [-0.2, 0) is 9.53 Å². The van der Waals surface area contributed by atoms with Gasteiger partial charge in [0, 0.05) is 5.92 Å². The number of methoxy groups -OCH3 is 1. The van der Waals surface area contributed by atoms with Gasteiger partial charge in [-0.1, -0.05) is 20.8 Å². The molecule has 0 amide bonds. The third kappa shape index (κ3) is 3.64. The second-order valence-electron chi connectivity index (χ2n) is 3.08. The summed E-state index contributed by atoms with van der Waals surface area (Å²) in [5, 5.41) is 0. The maximum Gasteiger partial charge on any atom is 0.383 e. The van der Waals surface area contributed by atoms with E-state index in [4.69, 9.17) is 0 Å². The molecule has 0 heterocycles. The fourth-order valence-electron chi connectivity index (χ4n) is 1.25. The van der Waals surface area contributed by atoms with E-state index in [1.165, 1.54) is 7.11 Å². The molecule has 74 valence electrons. The third-order valence-corrected chi connectivity index (χ3v) is 7.36. The molecule has 0 fully saturated rings. The maximum atomic E-state index is 10.8. The minimum absolute atomic E-state index is 0.410. The molecule has 0 saturated heterocycles. The summed E-state index contributed by atoms with van der Waals surface area (Å²) in [5.41, 5.74) is 3.15. The van der Waals surface area contributed by atoms with Gasteiger partial charge in [-0.15, -0.1) is 5.54 Å². The largest absolute Gasteiger partial charge is 0.459 e. The Bertz CT molecular complexity index is 213. The van der Waals surface area contributed by atoms with Gasteiger partial charge in [0.05, 0.1) is 7.11 Å². The van der Waals surface area contributed by atoms with Crippen molar-refractivity contribution in [1.82, 2.24) is 0 Å². The smallest absolute Gasteiger partial charge is 0.383 e. The number of hydrogen-bond acceptors (Lipinski definition) is 2. The molecule has 0 bridgehead atoms. The minimum Gasteiger partial charge on any atom is -0.459 e. The van der Waals surface area contributed by atoms with E-state index in [9.17, 15) is 4.79 Å². The van der Waals surface area contributed by atoms with Crippen LogP contribution in [0, 0.1) is 11.5 Å². The van der Waals surface area contributed by atoms with E-state index in [1.807, 2.05) is 0 Å². The lowest BCUT2D eigenvalue weighted by Gasteiger charge is -2.19. The highest BCUT2D eigenvalue weighted by Gasteiger charge is 2.24. The van der Waals surface area contributed by atoms with Crippen molar-refractivity contribution in [1.29, 1.82) is 0 Å². The van der Waals surface area contributed by atoms with Crippen LogP contribution in [-0.4, -0.2) is 21.2 Å². The lowest BCUT2D eigenvalue weighted by atomic mass is 10.7. The zero-order valence-corrected chi connectivity index (χ0v) is 9.94. The Morgan fingerprint density at radius 3 is 2.00 bits per heavy atom. The van der Waals surface area contributed by atoms with E-state index in [0.29, 0.717) is 0 Å². The van der Waals surface area contributed by atoms with Crippen molar-refractivity contribution in [3.63, 3.8) is 0 Å². The van der Waals surface area contributed by atoms with Crippen molar-refractivity contribution >= 4 is 14.0 Å². The molecule has 0 rings (SSSR count). The summed E-state index contributed by atoms with van der Waals surface area (Å²) in [6, 6.07) is 3.35. The van der Waals surface area contributed by atoms with Crippen LogP contribution in [0.4, 0.5) is 0 Å². The standard InChI is InChI=1S/C10H18O2Si/c1-5-13(6-2,7-3)9-8-10(11)12-4/h5-7H2,1-4H3. The maximum absolute atomic E-state index is 10.8. The van der Waals surface area contributed by atoms with Crippen LogP contribution in [0.25, 0.3) is 0 Å². The van der Waals surface area contributed by atoms with E-state index in [1.54, 1.807) is 0 Å². The predicted octanol–water partition coefficient (Wildman–Crippen LogP) is 2.21. The highest BCUT2D eigenvalue weighted by molar-refractivity contribution is 6.87. The van der Waals surface area contributed by atoms with Gasteiger partial charge >= 0.3 is 5.97 Å². The van der Waals surface area contributed by atoms with Gasteiger partial charge in [0.25, 0.3) is 0 Å². The molecule has 0 spiro atoms. The molecule has 0 atom stereocenters. The highest BCUT2D eigenvalue weighted by atomic mass is 28.3. The molecule has 3 heteroatoms. The molecule has 0 aliphatic carbocycles. The molecule has 0 radical (unpaired) electrons. The lowest BCUT2D eigenvalue weighted by Crippen LogP contribution is -2.29. The van der Waals surface area contributed by atoms with Crippen LogP contribution < -0.4 is 0 Å². The summed E-state index contributed by atoms with van der Waals surface area (Å²) in [6.45, 7) is 6.47. The SMILES string of the molecule is CC[Si](C#CC(=O)OC)(CC)CC. The third-order valence-electron chi connectivity index (χ3n) is 2.65. The van der Waals surface area contributed by atoms with Gasteiger partial charge in [-0.05, 0) is 18.1 Å². The van der Waals surface area contributed by atoms with Crippen LogP contribution in [0.1, 0.15) is 20.8 Å². The van der Waals surface area contributed by atoms with E-state index >= 15 is 0 Å². The van der Waals surface area contributed by atoms with Crippen molar-refractivity contribution in [2.75, 3.05) is 7.11 Å². The number of carbonyl (C=O) groups is 1. The Balaban J connectivity index is 4.55. The summed E-state index contributed by atoms with van der Waals surface area (Å²) in [7, 11) is -0.0932. The van der Waals surface area contributed by atoms with E-state index in [-0.39, 0.29) is 0 Å². The van der Waals surface area contributed by atoms with Gasteiger partial charge in [-0.3, -0.25) is 0 Å². The first kappa shape index (κ1) is 12.2. The fourth-order valence-corrected chi connectivity index (χ4v) is 3.65. The molecule has 0 saturated carbocycles. The molecule has 0 aliphatic heterocycles. The molecule has 0 N–H and O–H groups in total. The normalized spacial score (nSPS) is 10.2. The molecular formula is C10H18O2Si. The van der Waals surface area contributed by atoms with Crippen molar-refractivity contribution in [3.05, 3.63) is 0 Å². The second-order valence-corrected chi connectivity index (χ2v) is 8.01. The number of esters is 1. The topological polar surface area (TPSA) is 26.3 Å². The summed E-state index contributed by atoms with van der Waals surface area (Å²) in [4.78, 5) is 10.8. The monoisotopic (exact) mass is 198 g/mol. The zero-order valence-electron chi connectivity index (χ0n) is 8.94. The molecule has 0 aromatic heterocycles. The van der Waals surface area contributed by atoms with Crippen molar-refractivity contribution in [3.8, 4) is 11.5 Å². The molecule has 0 aromatic carbocycles. The van der Waals surface area contributed by atoms with E-state index in [2.05, 4.69) is 37.0 Å². The van der Waals surface area contributed by atoms with E-state index in [0.717, 1.165) is 18.1 Å². The first-order valence-electron chi connectivity index (χ1n) is 4.75. The Labute approximate surface area is 81.7 Å². The van der Waals surface area contributed by atoms with Crippen LogP contribution in [0.2, 0.25) is 18.1 Å². The Morgan fingerprint density at radius 1 is 1.23 bits per heavy atom. The first-order valence-corrected chi connectivity index (χ1v) is 7.37. The van der Waals surface area contributed by atoms with Crippen molar-refractivity contribution in [2.24, 2.45) is 0 Å². The van der Waals surface area contributed by atoms with Gasteiger partial charge < -0.3 is 4.74 Å². The van der Waals surface area contributed by atoms with Gasteiger partial charge in [-0.25, -0.2) is 4.79 Å². The number of ether oxygens (including phenoxy) is 1. The number of rotatable bonds is 3. The quantitative estimate of drug-likeness (QED) is 0.395. The van der Waals surface area contributed by atoms with Crippen LogP contribution in [0.5, 0.6) is 0 Å². The molecule has 0 aliphatic rings. The zero-order chi connectivity index (χ0) is 10.3. The van der Waals surface area contributed by atoms with Crippen molar-refractivity contribution < 1.29 is 9.53 Å². The summed E-state index contributed by atoms with van der Waals surface area (Å²) in [5.74, 6) is 2.17. The Hall–Kier alpha value is -0.753. The first-order chi connectivity index (χ1) is 6.14. The molecule has 0 unspecified atom stereocenters. The van der Waals surface area contributed by atoms with Gasteiger partial charge in [0.2, 0.25) is 0 Å². The Kier molecular flexibility index (Phi) is 5.48. The van der Waals surface area contributed by atoms with Gasteiger partial charge in [0.15, 0.2) is 0 Å². The van der Waals surface area contributed by atoms with Gasteiger partial charge in [0.1, 0.15) is 8.07 Å². The molecule has 0 aromatic rings. The number of carbonyl (C=O) groups excluding carboxylic acids is 1. The average molecular weight is 198 g/mol. The second kappa shape index (κ2) is 5.82. The summed E-state index contributed by atoms with van der Waals surface area (Å²) >= 11 is 0. The van der Waals surface area contributed by atoms with Crippen LogP contribution >= 0.6 is 0 Å². The van der Waals surface area contributed by atoms with Crippen LogP contribution in [0.15, 0.2) is 0 Å². The minimum atomic E-state index is -1.46. The predicted molar refractivity (Wildman–Crippen MR) is 57.0 cm³/mol.